The molecule has 4 aliphatic rings. The number of aliphatic hydroxyl groups excluding tert-OH is 1. The summed E-state index contributed by atoms with van der Waals surface area (Å²) in [5, 5.41) is 61.3. The van der Waals surface area contributed by atoms with Crippen LogP contribution in [0.15, 0.2) is 18.2 Å². The van der Waals surface area contributed by atoms with E-state index in [9.17, 15) is 58.0 Å². The van der Waals surface area contributed by atoms with Crippen LogP contribution in [0.25, 0.3) is 0 Å². The highest BCUT2D eigenvalue weighted by atomic mass is 19.4. The zero-order valence-corrected chi connectivity index (χ0v) is 27.5. The number of hydrogen-bond donors (Lipinski definition) is 5. The Balaban J connectivity index is 1.43. The van der Waals surface area contributed by atoms with Gasteiger partial charge in [-0.1, -0.05) is 12.1 Å². The van der Waals surface area contributed by atoms with E-state index in [1.165, 1.54) is 14.0 Å². The first kappa shape index (κ1) is 36.8. The van der Waals surface area contributed by atoms with Gasteiger partial charge in [0.1, 0.15) is 42.3 Å². The molecule has 2 aliphatic carbocycles. The Morgan fingerprint density at radius 3 is 2.43 bits per heavy atom. The van der Waals surface area contributed by atoms with Crippen LogP contribution in [0.1, 0.15) is 75.8 Å². The predicted molar refractivity (Wildman–Crippen MR) is 164 cm³/mol. The van der Waals surface area contributed by atoms with Gasteiger partial charge in [0.15, 0.2) is 23.6 Å². The highest BCUT2D eigenvalue weighted by Gasteiger charge is 2.52. The van der Waals surface area contributed by atoms with Gasteiger partial charge in [-0.15, -0.1) is 0 Å². The third-order valence-corrected chi connectivity index (χ3v) is 10.1. The molecule has 0 bridgehead atoms. The van der Waals surface area contributed by atoms with E-state index < -0.39 is 129 Å². The van der Waals surface area contributed by atoms with Gasteiger partial charge >= 0.3 is 12.1 Å². The van der Waals surface area contributed by atoms with Crippen molar-refractivity contribution in [2.45, 2.75) is 81.8 Å². The van der Waals surface area contributed by atoms with Crippen LogP contribution in [-0.4, -0.2) is 118 Å². The molecule has 8 atom stereocenters. The number of halogens is 3. The number of phenols is 2. The average molecular weight is 725 g/mol. The summed E-state index contributed by atoms with van der Waals surface area (Å²) in [6.45, 7) is 2.38. The number of ether oxygens (including phenoxy) is 4. The molecule has 0 spiro atoms. The number of hydroxylamine groups is 3. The summed E-state index contributed by atoms with van der Waals surface area (Å²) >= 11 is 0. The maximum absolute atomic E-state index is 14.0. The van der Waals surface area contributed by atoms with Crippen molar-refractivity contribution < 1.29 is 76.4 Å². The molecule has 2 aromatic rings. The number of benzene rings is 2. The van der Waals surface area contributed by atoms with Gasteiger partial charge in [0.2, 0.25) is 6.29 Å². The van der Waals surface area contributed by atoms with E-state index in [0.717, 1.165) is 25.1 Å². The normalized spacial score (nSPS) is 32.1. The summed E-state index contributed by atoms with van der Waals surface area (Å²) in [6, 6.07) is 2.09. The van der Waals surface area contributed by atoms with Gasteiger partial charge in [0.05, 0.1) is 47.6 Å². The number of nitrogens with zero attached hydrogens (tertiary/aromatic N) is 1. The lowest BCUT2D eigenvalue weighted by Gasteiger charge is -2.56. The molecule has 2 saturated heterocycles. The Hall–Kier alpha value is -4.01. The zero-order valence-electron chi connectivity index (χ0n) is 27.5. The number of phenolic OH excluding ortho intramolecular Hbond substituents is 2. The molecule has 2 fully saturated rings. The number of amides is 1. The summed E-state index contributed by atoms with van der Waals surface area (Å²) in [6.07, 6.45) is -12.8. The first-order valence-corrected chi connectivity index (χ1v) is 16.0. The number of methoxy groups -OCH3 is 1. The topological polar surface area (TPSA) is 221 Å². The van der Waals surface area contributed by atoms with Crippen molar-refractivity contribution in [1.29, 1.82) is 0 Å². The summed E-state index contributed by atoms with van der Waals surface area (Å²) in [7, 11) is 1.36. The van der Waals surface area contributed by atoms with Gasteiger partial charge in [-0.05, 0) is 19.9 Å². The van der Waals surface area contributed by atoms with Crippen LogP contribution in [0, 0.1) is 5.21 Å². The average Bonchev–Trinajstić information content (AvgIpc) is 3.05. The Labute approximate surface area is 287 Å². The number of alkyl halides is 3. The van der Waals surface area contributed by atoms with Gasteiger partial charge < -0.3 is 54.5 Å². The summed E-state index contributed by atoms with van der Waals surface area (Å²) in [5.74, 6) is -7.35. The van der Waals surface area contributed by atoms with E-state index in [-0.39, 0.29) is 37.2 Å². The molecule has 18 heteroatoms. The fourth-order valence-electron chi connectivity index (χ4n) is 7.41. The van der Waals surface area contributed by atoms with Gasteiger partial charge in [0.25, 0.3) is 0 Å². The standard InChI is InChI=1S/C33H35F3N2O13/c1-13-26(40)18(38(47)7-8-49-21(12-38)48-3)9-20(50-13)51-19-11-32(46,14(2)39)10-16-23(19)30(44)25-24(28(16)42)27(41)15-5-4-6-17(22(15)29(25)43)37-31(45)33(34,35)36/h4-6,13,18-21,26,40,42,44,46H,7-12H2,1-3H3,(H,37,45)/t13-,18?,19-,20+,21-,26+,32-,38?/m0/s1. The smallest absolute Gasteiger partial charge is 0.471 e. The van der Waals surface area contributed by atoms with E-state index in [0.29, 0.717) is 0 Å². The molecule has 276 valence electrons. The number of aliphatic hydroxyl groups is 2. The van der Waals surface area contributed by atoms with E-state index in [4.69, 9.17) is 18.9 Å². The van der Waals surface area contributed by atoms with Gasteiger partial charge in [0, 0.05) is 36.6 Å². The minimum Gasteiger partial charge on any atom is -0.632 e. The van der Waals surface area contributed by atoms with Gasteiger partial charge in [-0.2, -0.15) is 13.2 Å². The Morgan fingerprint density at radius 1 is 1.10 bits per heavy atom. The van der Waals surface area contributed by atoms with Crippen molar-refractivity contribution in [3.8, 4) is 11.5 Å². The molecule has 2 heterocycles. The van der Waals surface area contributed by atoms with Crippen LogP contribution in [0.2, 0.25) is 0 Å². The largest absolute Gasteiger partial charge is 0.632 e. The first-order chi connectivity index (χ1) is 23.8. The maximum atomic E-state index is 14.0. The lowest BCUT2D eigenvalue weighted by Crippen LogP contribution is -2.67. The predicted octanol–water partition coefficient (Wildman–Crippen LogP) is 1.88. The van der Waals surface area contributed by atoms with Crippen molar-refractivity contribution in [2.75, 3.05) is 32.1 Å². The lowest BCUT2D eigenvalue weighted by molar-refractivity contribution is -0.926. The third kappa shape index (κ3) is 6.18. The van der Waals surface area contributed by atoms with Crippen LogP contribution in [0.3, 0.4) is 0 Å². The Kier molecular flexibility index (Phi) is 9.29. The van der Waals surface area contributed by atoms with Crippen molar-refractivity contribution in [1.82, 2.24) is 0 Å². The number of hydrogen-bond acceptors (Lipinski definition) is 13. The summed E-state index contributed by atoms with van der Waals surface area (Å²) < 4.78 is 61.1. The Morgan fingerprint density at radius 2 is 1.78 bits per heavy atom. The van der Waals surface area contributed by atoms with E-state index >= 15 is 0 Å². The molecular weight excluding hydrogens is 689 g/mol. The molecule has 15 nitrogen and oxygen atoms in total. The molecule has 0 radical (unpaired) electrons. The van der Waals surface area contributed by atoms with Crippen molar-refractivity contribution >= 4 is 28.9 Å². The number of ketones is 3. The lowest BCUT2D eigenvalue weighted by atomic mass is 9.72. The molecule has 2 unspecified atom stereocenters. The number of anilines is 1. The Bertz CT molecular complexity index is 1820. The van der Waals surface area contributed by atoms with Crippen LogP contribution < -0.4 is 5.32 Å². The van der Waals surface area contributed by atoms with E-state index in [1.54, 1.807) is 5.32 Å². The highest BCUT2D eigenvalue weighted by molar-refractivity contribution is 6.32. The van der Waals surface area contributed by atoms with Crippen LogP contribution >= 0.6 is 0 Å². The quantitative estimate of drug-likeness (QED) is 0.139. The number of carbonyl (C=O) groups is 4. The van der Waals surface area contributed by atoms with Crippen LogP contribution in [0.4, 0.5) is 18.9 Å². The SMILES string of the molecule is CO[C@@H]1C[N+]([O-])(C2C[C@@H](O[C@H]3C[C@](O)(C(C)=O)Cc4c(O)c5c(c(O)c43)C(=O)c3c(NC(=O)C(F)(F)F)cccc3C5=O)O[C@@H](C)[C@H]2O)CCO1. The number of rotatable bonds is 6. The first-order valence-electron chi connectivity index (χ1n) is 16.0. The zero-order chi connectivity index (χ0) is 37.4. The molecule has 0 aromatic heterocycles. The van der Waals surface area contributed by atoms with Crippen molar-refractivity contribution in [3.05, 3.63) is 56.8 Å². The number of carbonyl (C=O) groups excluding carboxylic acids is 4. The molecular formula is C33H35F3N2O13. The minimum absolute atomic E-state index is 0.0311. The summed E-state index contributed by atoms with van der Waals surface area (Å²) in [4.78, 5) is 52.3. The third-order valence-electron chi connectivity index (χ3n) is 10.1. The van der Waals surface area contributed by atoms with E-state index in [2.05, 4.69) is 0 Å². The molecule has 2 aromatic carbocycles. The molecule has 5 N–H and O–H groups in total. The second kappa shape index (κ2) is 12.9. The second-order valence-corrected chi connectivity index (χ2v) is 13.2. The molecule has 6 rings (SSSR count). The number of quaternary nitrogens is 1. The fourth-order valence-corrected chi connectivity index (χ4v) is 7.41. The van der Waals surface area contributed by atoms with Gasteiger partial charge in [-0.25, -0.2) is 0 Å². The fraction of sp³-hybridized carbons (Fsp3) is 0.515. The highest BCUT2D eigenvalue weighted by Crippen LogP contribution is 2.52. The number of nitrogens with one attached hydrogen (secondary N) is 1. The van der Waals surface area contributed by atoms with E-state index in [1.807, 2.05) is 0 Å². The number of fused-ring (bicyclic) bond motifs is 3. The van der Waals surface area contributed by atoms with Crippen LogP contribution in [0.5, 0.6) is 11.5 Å². The number of aromatic hydroxyl groups is 2. The second-order valence-electron chi connectivity index (χ2n) is 13.2. The monoisotopic (exact) mass is 724 g/mol. The van der Waals surface area contributed by atoms with Crippen molar-refractivity contribution in [3.63, 3.8) is 0 Å². The van der Waals surface area contributed by atoms with Crippen LogP contribution in [-0.2, 0) is 35.0 Å². The van der Waals surface area contributed by atoms with Crippen molar-refractivity contribution in [2.24, 2.45) is 0 Å². The maximum Gasteiger partial charge on any atom is 0.471 e. The molecule has 0 saturated carbocycles. The number of Topliss-reactive ketones (excluding diaryl/α,β-unsaturated/α-hetero) is 1. The molecule has 2 aliphatic heterocycles. The van der Waals surface area contributed by atoms with Gasteiger partial charge in [-0.3, -0.25) is 19.2 Å². The minimum atomic E-state index is -5.35. The summed E-state index contributed by atoms with van der Waals surface area (Å²) in [5.41, 5.74) is -6.28. The number of morpholine rings is 1. The molecule has 1 amide bonds. The molecule has 51 heavy (non-hydrogen) atoms.